The number of thiophene rings is 1. The van der Waals surface area contributed by atoms with E-state index in [2.05, 4.69) is 10.6 Å². The van der Waals surface area contributed by atoms with Crippen LogP contribution in [0.25, 0.3) is 0 Å². The van der Waals surface area contributed by atoms with Crippen molar-refractivity contribution < 1.29 is 14.3 Å². The molecule has 0 saturated heterocycles. The van der Waals surface area contributed by atoms with E-state index in [1.165, 1.54) is 7.11 Å². The minimum Gasteiger partial charge on any atom is -0.496 e. The zero-order chi connectivity index (χ0) is 21.0. The van der Waals surface area contributed by atoms with Crippen molar-refractivity contribution in [3.8, 4) is 5.75 Å². The molecular formula is C24H24N2O3S. The summed E-state index contributed by atoms with van der Waals surface area (Å²) in [5.41, 5.74) is 1.09. The Kier molecular flexibility index (Phi) is 5.86. The summed E-state index contributed by atoms with van der Waals surface area (Å²) >= 11 is 1.63. The van der Waals surface area contributed by atoms with Crippen LogP contribution >= 0.6 is 11.3 Å². The quantitative estimate of drug-likeness (QED) is 0.556. The van der Waals surface area contributed by atoms with Gasteiger partial charge in [-0.1, -0.05) is 43.2 Å². The Morgan fingerprint density at radius 2 is 1.57 bits per heavy atom. The molecule has 0 bridgehead atoms. The Bertz CT molecular complexity index is 1040. The number of amides is 2. The first-order valence-electron chi connectivity index (χ1n) is 10.0. The van der Waals surface area contributed by atoms with Crippen molar-refractivity contribution in [2.75, 3.05) is 17.7 Å². The molecule has 4 rings (SSSR count). The first-order chi connectivity index (χ1) is 14.6. The number of hydrogen-bond donors (Lipinski definition) is 2. The molecule has 1 aromatic heterocycles. The smallest absolute Gasteiger partial charge is 0.259 e. The molecule has 30 heavy (non-hydrogen) atoms. The van der Waals surface area contributed by atoms with E-state index in [1.54, 1.807) is 35.6 Å². The Morgan fingerprint density at radius 3 is 2.23 bits per heavy atom. The van der Waals surface area contributed by atoms with E-state index < -0.39 is 5.41 Å². The molecule has 0 aliphatic heterocycles. The second-order valence-corrected chi connectivity index (χ2v) is 8.37. The van der Waals surface area contributed by atoms with E-state index in [4.69, 9.17) is 4.74 Å². The fourth-order valence-electron chi connectivity index (χ4n) is 4.08. The predicted octanol–water partition coefficient (Wildman–Crippen LogP) is 5.46. The number of para-hydroxylation sites is 3. The standard InChI is InChI=1S/C24H24N2O3S/c1-29-20-12-5-2-9-17(20)22(27)25-18-10-3-4-11-19(18)26-23(28)24(14-6-7-15-24)21-13-8-16-30-21/h2-5,8-13,16H,6-7,14-15H2,1H3,(H,25,27)(H,26,28). The summed E-state index contributed by atoms with van der Waals surface area (Å²) in [6.07, 6.45) is 3.76. The third-order valence-corrected chi connectivity index (χ3v) is 6.73. The van der Waals surface area contributed by atoms with Crippen molar-refractivity contribution in [2.45, 2.75) is 31.1 Å². The van der Waals surface area contributed by atoms with Gasteiger partial charge in [0.2, 0.25) is 5.91 Å². The third kappa shape index (κ3) is 3.83. The lowest BCUT2D eigenvalue weighted by molar-refractivity contribution is -0.121. The fourth-order valence-corrected chi connectivity index (χ4v) is 5.06. The lowest BCUT2D eigenvalue weighted by atomic mass is 9.83. The topological polar surface area (TPSA) is 67.4 Å². The molecule has 2 amide bonds. The molecule has 2 aromatic carbocycles. The molecule has 2 N–H and O–H groups in total. The van der Waals surface area contributed by atoms with Crippen LogP contribution in [0.1, 0.15) is 40.9 Å². The van der Waals surface area contributed by atoms with E-state index in [1.807, 2.05) is 41.8 Å². The highest BCUT2D eigenvalue weighted by atomic mass is 32.1. The van der Waals surface area contributed by atoms with Gasteiger partial charge in [0.05, 0.1) is 29.5 Å². The van der Waals surface area contributed by atoms with Gasteiger partial charge in [0.25, 0.3) is 5.91 Å². The SMILES string of the molecule is COc1ccccc1C(=O)Nc1ccccc1NC(=O)C1(c2cccs2)CCCC1. The van der Waals surface area contributed by atoms with Crippen LogP contribution in [0.15, 0.2) is 66.0 Å². The summed E-state index contributed by atoms with van der Waals surface area (Å²) in [7, 11) is 1.53. The summed E-state index contributed by atoms with van der Waals surface area (Å²) in [4.78, 5) is 27.3. The average Bonchev–Trinajstić information content (AvgIpc) is 3.47. The van der Waals surface area contributed by atoms with Crippen molar-refractivity contribution in [1.29, 1.82) is 0 Å². The van der Waals surface area contributed by atoms with Crippen LogP contribution in [-0.2, 0) is 10.2 Å². The molecule has 1 heterocycles. The van der Waals surface area contributed by atoms with Gasteiger partial charge in [-0.05, 0) is 48.6 Å². The molecule has 1 saturated carbocycles. The maximum absolute atomic E-state index is 13.4. The minimum atomic E-state index is -0.492. The number of hydrogen-bond acceptors (Lipinski definition) is 4. The van der Waals surface area contributed by atoms with Gasteiger partial charge in [-0.3, -0.25) is 9.59 Å². The van der Waals surface area contributed by atoms with E-state index >= 15 is 0 Å². The van der Waals surface area contributed by atoms with Crippen molar-refractivity contribution in [2.24, 2.45) is 0 Å². The molecule has 5 nitrogen and oxygen atoms in total. The number of nitrogens with one attached hydrogen (secondary N) is 2. The molecular weight excluding hydrogens is 396 g/mol. The van der Waals surface area contributed by atoms with Crippen LogP contribution in [0.4, 0.5) is 11.4 Å². The number of anilines is 2. The van der Waals surface area contributed by atoms with Gasteiger partial charge >= 0.3 is 0 Å². The molecule has 0 radical (unpaired) electrons. The van der Waals surface area contributed by atoms with Crippen molar-refractivity contribution >= 4 is 34.5 Å². The summed E-state index contributed by atoms with van der Waals surface area (Å²) in [6, 6.07) is 18.4. The molecule has 3 aromatic rings. The summed E-state index contributed by atoms with van der Waals surface area (Å²) in [5, 5.41) is 8.02. The van der Waals surface area contributed by atoms with Gasteiger partial charge in [0.1, 0.15) is 5.75 Å². The van der Waals surface area contributed by atoms with Crippen LogP contribution in [0, 0.1) is 0 Å². The Hall–Kier alpha value is -3.12. The highest BCUT2D eigenvalue weighted by Gasteiger charge is 2.43. The monoisotopic (exact) mass is 420 g/mol. The molecule has 0 unspecified atom stereocenters. The maximum Gasteiger partial charge on any atom is 0.259 e. The molecule has 154 valence electrons. The van der Waals surface area contributed by atoms with E-state index in [0.717, 1.165) is 30.6 Å². The molecule has 6 heteroatoms. The number of ether oxygens (including phenoxy) is 1. The van der Waals surface area contributed by atoms with Gasteiger partial charge < -0.3 is 15.4 Å². The van der Waals surface area contributed by atoms with Gasteiger partial charge in [-0.15, -0.1) is 11.3 Å². The van der Waals surface area contributed by atoms with E-state index in [9.17, 15) is 9.59 Å². The number of methoxy groups -OCH3 is 1. The van der Waals surface area contributed by atoms with Gasteiger partial charge in [-0.2, -0.15) is 0 Å². The number of rotatable bonds is 6. The lowest BCUT2D eigenvalue weighted by Crippen LogP contribution is -2.37. The Labute approximate surface area is 180 Å². The number of benzene rings is 2. The molecule has 1 aliphatic rings. The van der Waals surface area contributed by atoms with Gasteiger partial charge in [-0.25, -0.2) is 0 Å². The van der Waals surface area contributed by atoms with E-state index in [-0.39, 0.29) is 11.8 Å². The number of carbonyl (C=O) groups is 2. The second-order valence-electron chi connectivity index (χ2n) is 7.42. The average molecular weight is 421 g/mol. The highest BCUT2D eigenvalue weighted by Crippen LogP contribution is 2.44. The van der Waals surface area contributed by atoms with Crippen molar-refractivity contribution in [3.63, 3.8) is 0 Å². The first kappa shape index (κ1) is 20.2. The van der Waals surface area contributed by atoms with Crippen LogP contribution in [0.3, 0.4) is 0 Å². The zero-order valence-corrected chi connectivity index (χ0v) is 17.6. The maximum atomic E-state index is 13.4. The largest absolute Gasteiger partial charge is 0.496 e. The normalized spacial score (nSPS) is 14.8. The van der Waals surface area contributed by atoms with Crippen LogP contribution in [-0.4, -0.2) is 18.9 Å². The molecule has 0 spiro atoms. The Balaban J connectivity index is 1.58. The van der Waals surface area contributed by atoms with Crippen LogP contribution in [0.2, 0.25) is 0 Å². The molecule has 1 aliphatic carbocycles. The molecule has 0 atom stereocenters. The highest BCUT2D eigenvalue weighted by molar-refractivity contribution is 7.10. The number of carbonyl (C=O) groups excluding carboxylic acids is 2. The predicted molar refractivity (Wildman–Crippen MR) is 120 cm³/mol. The van der Waals surface area contributed by atoms with Gasteiger partial charge in [0.15, 0.2) is 0 Å². The van der Waals surface area contributed by atoms with Gasteiger partial charge in [0, 0.05) is 4.88 Å². The second kappa shape index (κ2) is 8.71. The first-order valence-corrected chi connectivity index (χ1v) is 10.9. The van der Waals surface area contributed by atoms with E-state index in [0.29, 0.717) is 22.7 Å². The lowest BCUT2D eigenvalue weighted by Gasteiger charge is -2.27. The summed E-state index contributed by atoms with van der Waals surface area (Å²) < 4.78 is 5.29. The van der Waals surface area contributed by atoms with Crippen molar-refractivity contribution in [1.82, 2.24) is 0 Å². The van der Waals surface area contributed by atoms with Crippen LogP contribution in [0.5, 0.6) is 5.75 Å². The summed E-state index contributed by atoms with van der Waals surface area (Å²) in [6.45, 7) is 0. The molecule has 1 fully saturated rings. The third-order valence-electron chi connectivity index (χ3n) is 5.66. The van der Waals surface area contributed by atoms with Crippen molar-refractivity contribution in [3.05, 3.63) is 76.5 Å². The Morgan fingerprint density at radius 1 is 0.900 bits per heavy atom. The minimum absolute atomic E-state index is 0.0126. The zero-order valence-electron chi connectivity index (χ0n) is 16.8. The van der Waals surface area contributed by atoms with Crippen LogP contribution < -0.4 is 15.4 Å². The summed E-state index contributed by atoms with van der Waals surface area (Å²) in [5.74, 6) is 0.198. The fraction of sp³-hybridized carbons (Fsp3) is 0.250.